The lowest BCUT2D eigenvalue weighted by atomic mass is 10.3. The van der Waals surface area contributed by atoms with Crippen LogP contribution in [0.25, 0.3) is 0 Å². The van der Waals surface area contributed by atoms with Crippen LogP contribution in [-0.4, -0.2) is 14.5 Å². The van der Waals surface area contributed by atoms with E-state index in [9.17, 15) is 0 Å². The van der Waals surface area contributed by atoms with Crippen molar-refractivity contribution in [2.75, 3.05) is 0 Å². The minimum absolute atomic E-state index is 0.217. The Kier molecular flexibility index (Phi) is 6.90. The molecule has 0 aromatic carbocycles. The minimum Gasteiger partial charge on any atom is -0.116 e. The van der Waals surface area contributed by atoms with Crippen molar-refractivity contribution in [1.82, 2.24) is 0 Å². The van der Waals surface area contributed by atoms with Crippen molar-refractivity contribution >= 4 is 92.8 Å². The third-order valence-corrected chi connectivity index (χ3v) is 4.69. The van der Waals surface area contributed by atoms with Crippen molar-refractivity contribution in [3.8, 4) is 0 Å². The molecule has 0 N–H and O–H groups in total. The van der Waals surface area contributed by atoms with Gasteiger partial charge in [-0.15, -0.1) is 34.8 Å². The fraction of sp³-hybridized carbons (Fsp3) is 0.600. The Labute approximate surface area is 116 Å². The molecule has 0 amide bonds. The second-order valence-electron chi connectivity index (χ2n) is 1.93. The Morgan fingerprint density at radius 2 is 1.31 bits per heavy atom. The van der Waals surface area contributed by atoms with Crippen LogP contribution in [-0.2, 0) is 0 Å². The molecule has 78 valence electrons. The molecule has 0 aromatic rings. The molecule has 1 atom stereocenters. The first-order chi connectivity index (χ1) is 5.71. The van der Waals surface area contributed by atoms with Crippen LogP contribution in [0.2, 0.25) is 0 Å². The highest BCUT2D eigenvalue weighted by Crippen LogP contribution is 2.45. The van der Waals surface area contributed by atoms with Gasteiger partial charge < -0.3 is 0 Å². The Morgan fingerprint density at radius 3 is 1.54 bits per heavy atom. The van der Waals surface area contributed by atoms with Crippen LogP contribution in [0.4, 0.5) is 0 Å². The van der Waals surface area contributed by atoms with Gasteiger partial charge in [-0.3, -0.25) is 0 Å². The first-order valence-corrected chi connectivity index (χ1v) is 5.92. The van der Waals surface area contributed by atoms with Gasteiger partial charge in [-0.2, -0.15) is 0 Å². The molecule has 1 unspecified atom stereocenters. The van der Waals surface area contributed by atoms with Crippen molar-refractivity contribution in [3.63, 3.8) is 0 Å². The van der Waals surface area contributed by atoms with Crippen LogP contribution in [0.15, 0.2) is 9.52 Å². The van der Waals surface area contributed by atoms with Crippen molar-refractivity contribution in [2.45, 2.75) is 14.5 Å². The molecular weight excluding hydrogens is 344 g/mol. The standard InChI is InChI=1S/C5H2Cl8/c6-1(3(8)9)5(12,13)2(7)4(10)11/h1,3H. The van der Waals surface area contributed by atoms with E-state index in [0.29, 0.717) is 0 Å². The molecule has 13 heavy (non-hydrogen) atoms. The van der Waals surface area contributed by atoms with E-state index in [2.05, 4.69) is 0 Å². The van der Waals surface area contributed by atoms with Gasteiger partial charge in [-0.25, -0.2) is 0 Å². The molecule has 0 fully saturated rings. The summed E-state index contributed by atoms with van der Waals surface area (Å²) in [6.07, 6.45) is 0. The predicted molar refractivity (Wildman–Crippen MR) is 64.2 cm³/mol. The highest BCUT2D eigenvalue weighted by atomic mass is 35.5. The Hall–Kier alpha value is 2.06. The maximum atomic E-state index is 5.73. The monoisotopic (exact) mass is 342 g/mol. The third kappa shape index (κ3) is 4.20. The molecule has 0 nitrogen and oxygen atoms in total. The van der Waals surface area contributed by atoms with Crippen LogP contribution < -0.4 is 0 Å². The van der Waals surface area contributed by atoms with Gasteiger partial charge in [0.2, 0.25) is 0 Å². The molecule has 0 aliphatic carbocycles. The summed E-state index contributed by atoms with van der Waals surface area (Å²) in [6, 6.07) is 0. The van der Waals surface area contributed by atoms with Gasteiger partial charge in [0, 0.05) is 0 Å². The van der Waals surface area contributed by atoms with Crippen LogP contribution in [0.5, 0.6) is 0 Å². The zero-order chi connectivity index (χ0) is 10.8. The zero-order valence-electron chi connectivity index (χ0n) is 5.68. The second-order valence-corrected chi connectivity index (χ2v) is 6.28. The first kappa shape index (κ1) is 15.1. The van der Waals surface area contributed by atoms with E-state index in [4.69, 9.17) is 92.8 Å². The molecule has 0 saturated carbocycles. The Balaban J connectivity index is 4.86. The van der Waals surface area contributed by atoms with E-state index in [0.717, 1.165) is 0 Å². The fourth-order valence-corrected chi connectivity index (χ4v) is 2.26. The smallest absolute Gasteiger partial charge is 0.116 e. The van der Waals surface area contributed by atoms with E-state index >= 15 is 0 Å². The van der Waals surface area contributed by atoms with Gasteiger partial charge in [0.15, 0.2) is 4.33 Å². The van der Waals surface area contributed by atoms with E-state index in [1.54, 1.807) is 0 Å². The van der Waals surface area contributed by atoms with Crippen molar-refractivity contribution in [1.29, 1.82) is 0 Å². The largest absolute Gasteiger partial charge is 0.174 e. The topological polar surface area (TPSA) is 0 Å². The number of rotatable bonds is 3. The van der Waals surface area contributed by atoms with Gasteiger partial charge in [0.05, 0.1) is 5.03 Å². The maximum absolute atomic E-state index is 5.73. The summed E-state index contributed by atoms with van der Waals surface area (Å²) in [5.74, 6) is 0. The third-order valence-electron chi connectivity index (χ3n) is 1.03. The van der Waals surface area contributed by atoms with Crippen molar-refractivity contribution in [3.05, 3.63) is 9.52 Å². The summed E-state index contributed by atoms with van der Waals surface area (Å²) < 4.78 is -2.00. The fourth-order valence-electron chi connectivity index (χ4n) is 0.405. The number of hydrogen-bond acceptors (Lipinski definition) is 0. The summed E-state index contributed by atoms with van der Waals surface area (Å²) in [6.45, 7) is 0. The van der Waals surface area contributed by atoms with E-state index in [1.807, 2.05) is 0 Å². The normalized spacial score (nSPS) is 14.5. The number of hydrogen-bond donors (Lipinski definition) is 0. The molecular formula is C5H2Cl8. The van der Waals surface area contributed by atoms with Crippen LogP contribution in [0.1, 0.15) is 0 Å². The number of allylic oxidation sites excluding steroid dienone is 1. The molecule has 0 heterocycles. The Morgan fingerprint density at radius 1 is 0.923 bits per heavy atom. The van der Waals surface area contributed by atoms with Gasteiger partial charge >= 0.3 is 0 Å². The average molecular weight is 346 g/mol. The summed E-state index contributed by atoms with van der Waals surface area (Å²) in [4.78, 5) is -1.00. The second kappa shape index (κ2) is 5.96. The molecule has 0 radical (unpaired) electrons. The average Bonchev–Trinajstić information content (AvgIpc) is 2.01. The molecule has 0 saturated heterocycles. The van der Waals surface area contributed by atoms with E-state index in [1.165, 1.54) is 0 Å². The Bertz CT molecular complexity index is 203. The molecule has 8 heteroatoms. The quantitative estimate of drug-likeness (QED) is 0.596. The minimum atomic E-state index is -1.71. The summed E-state index contributed by atoms with van der Waals surface area (Å²) in [5, 5.41) is -1.25. The molecule has 0 bridgehead atoms. The lowest BCUT2D eigenvalue weighted by Crippen LogP contribution is -2.32. The summed E-state index contributed by atoms with van der Waals surface area (Å²) in [7, 11) is 0. The maximum Gasteiger partial charge on any atom is 0.174 e. The summed E-state index contributed by atoms with van der Waals surface area (Å²) in [5.41, 5.74) is 0. The highest BCUT2D eigenvalue weighted by molar-refractivity contribution is 6.66. The highest BCUT2D eigenvalue weighted by Gasteiger charge is 2.42. The summed E-state index contributed by atoms with van der Waals surface area (Å²) >= 11 is 44.4. The van der Waals surface area contributed by atoms with Gasteiger partial charge in [0.1, 0.15) is 14.7 Å². The lowest BCUT2D eigenvalue weighted by molar-refractivity contribution is 0.866. The van der Waals surface area contributed by atoms with Gasteiger partial charge in [0.25, 0.3) is 0 Å². The molecule has 0 aromatic heterocycles. The van der Waals surface area contributed by atoms with Crippen LogP contribution in [0, 0.1) is 0 Å². The van der Waals surface area contributed by atoms with Crippen molar-refractivity contribution < 1.29 is 0 Å². The first-order valence-electron chi connectivity index (χ1n) is 2.72. The van der Waals surface area contributed by atoms with E-state index < -0.39 is 14.5 Å². The van der Waals surface area contributed by atoms with Crippen LogP contribution >= 0.6 is 92.8 Å². The van der Waals surface area contributed by atoms with Crippen LogP contribution in [0.3, 0.4) is 0 Å². The predicted octanol–water partition coefficient (Wildman–Crippen LogP) is 5.46. The molecule has 0 spiro atoms. The van der Waals surface area contributed by atoms with Gasteiger partial charge in [-0.1, -0.05) is 58.0 Å². The van der Waals surface area contributed by atoms with Crippen molar-refractivity contribution in [2.24, 2.45) is 0 Å². The zero-order valence-corrected chi connectivity index (χ0v) is 11.7. The number of halogens is 8. The lowest BCUT2D eigenvalue weighted by Gasteiger charge is -2.25. The van der Waals surface area contributed by atoms with Gasteiger partial charge in [-0.05, 0) is 0 Å². The molecule has 0 rings (SSSR count). The SMILES string of the molecule is ClC(Cl)=C(Cl)C(Cl)(Cl)C(Cl)C(Cl)Cl. The van der Waals surface area contributed by atoms with E-state index in [-0.39, 0.29) is 9.52 Å². The molecule has 0 aliphatic rings. The molecule has 0 aliphatic heterocycles. The number of alkyl halides is 5.